The third kappa shape index (κ3) is 7.28. The number of hydrogen-bond donors (Lipinski definition) is 0. The van der Waals surface area contributed by atoms with E-state index in [1.54, 1.807) is 6.92 Å². The molecular weight excluding hydrogens is 248 g/mol. The van der Waals surface area contributed by atoms with Crippen LogP contribution >= 0.6 is 0 Å². The number of rotatable bonds is 9. The number of carbonyl (C=O) groups excluding carboxylic acids is 1. The molecule has 0 saturated carbocycles. The van der Waals surface area contributed by atoms with Crippen molar-refractivity contribution in [2.24, 2.45) is 11.8 Å². The van der Waals surface area contributed by atoms with Crippen LogP contribution in [0.1, 0.15) is 59.3 Å². The maximum Gasteiger partial charge on any atom is 0.219 e. The first-order valence-electron chi connectivity index (χ1n) is 8.43. The average molecular weight is 282 g/mol. The molecule has 0 bridgehead atoms. The summed E-state index contributed by atoms with van der Waals surface area (Å²) in [6, 6.07) is 0. The Bertz CT molecular complexity index is 278. The van der Waals surface area contributed by atoms with E-state index >= 15 is 0 Å². The number of unbranched alkanes of at least 4 members (excludes halogenated alkanes) is 2. The zero-order chi connectivity index (χ0) is 15.0. The van der Waals surface area contributed by atoms with Gasteiger partial charge in [0.05, 0.1) is 0 Å². The van der Waals surface area contributed by atoms with Crippen LogP contribution in [-0.2, 0) is 4.79 Å². The van der Waals surface area contributed by atoms with E-state index in [1.165, 1.54) is 51.7 Å². The van der Waals surface area contributed by atoms with Crippen LogP contribution in [0, 0.1) is 11.8 Å². The molecule has 3 nitrogen and oxygen atoms in total. The minimum Gasteiger partial charge on any atom is -0.346 e. The third-order valence-corrected chi connectivity index (χ3v) is 4.54. The molecule has 0 radical (unpaired) electrons. The van der Waals surface area contributed by atoms with E-state index in [2.05, 4.69) is 18.7 Å². The van der Waals surface area contributed by atoms with Crippen molar-refractivity contribution in [1.82, 2.24) is 9.80 Å². The molecule has 1 aliphatic rings. The molecule has 1 amide bonds. The summed E-state index contributed by atoms with van der Waals surface area (Å²) in [6.45, 7) is 11.1. The van der Waals surface area contributed by atoms with Crippen LogP contribution in [0.25, 0.3) is 0 Å². The van der Waals surface area contributed by atoms with Crippen molar-refractivity contribution in [3.05, 3.63) is 0 Å². The van der Waals surface area contributed by atoms with Gasteiger partial charge in [-0.3, -0.25) is 4.79 Å². The summed E-state index contributed by atoms with van der Waals surface area (Å²) >= 11 is 0. The summed E-state index contributed by atoms with van der Waals surface area (Å²) in [5.74, 6) is 1.93. The Balaban J connectivity index is 1.99. The number of hydrogen-bond acceptors (Lipinski definition) is 2. The largest absolute Gasteiger partial charge is 0.346 e. The first-order chi connectivity index (χ1) is 9.49. The van der Waals surface area contributed by atoms with Gasteiger partial charge < -0.3 is 9.80 Å². The number of likely N-dealkylation sites (tertiary alicyclic amines) is 1. The zero-order valence-electron chi connectivity index (χ0n) is 14.0. The molecule has 1 fully saturated rings. The molecule has 118 valence electrons. The third-order valence-electron chi connectivity index (χ3n) is 4.54. The van der Waals surface area contributed by atoms with E-state index in [1.807, 2.05) is 11.9 Å². The van der Waals surface area contributed by atoms with Gasteiger partial charge in [-0.15, -0.1) is 0 Å². The van der Waals surface area contributed by atoms with Crippen molar-refractivity contribution in [3.8, 4) is 0 Å². The molecule has 1 rings (SSSR count). The van der Waals surface area contributed by atoms with Crippen molar-refractivity contribution in [2.45, 2.75) is 59.3 Å². The topological polar surface area (TPSA) is 23.6 Å². The lowest BCUT2D eigenvalue weighted by molar-refractivity contribution is -0.127. The molecule has 3 heteroatoms. The second-order valence-electron chi connectivity index (χ2n) is 6.93. The van der Waals surface area contributed by atoms with Crippen molar-refractivity contribution >= 4 is 5.91 Å². The van der Waals surface area contributed by atoms with Gasteiger partial charge in [0.15, 0.2) is 0 Å². The second kappa shape index (κ2) is 9.38. The fourth-order valence-electron chi connectivity index (χ4n) is 2.91. The van der Waals surface area contributed by atoms with Crippen molar-refractivity contribution < 1.29 is 4.79 Å². The Kier molecular flexibility index (Phi) is 8.20. The molecule has 1 saturated heterocycles. The highest BCUT2D eigenvalue weighted by Gasteiger charge is 2.21. The second-order valence-corrected chi connectivity index (χ2v) is 6.93. The van der Waals surface area contributed by atoms with Gasteiger partial charge in [0.2, 0.25) is 5.91 Å². The Morgan fingerprint density at radius 3 is 2.70 bits per heavy atom. The standard InChI is InChI=1S/C17H34N2O/c1-15(2)9-12-19-13-10-17(14-19)8-6-5-7-11-18(4)16(3)20/h15,17H,5-14H2,1-4H3. The lowest BCUT2D eigenvalue weighted by Crippen LogP contribution is -2.24. The smallest absolute Gasteiger partial charge is 0.219 e. The summed E-state index contributed by atoms with van der Waals surface area (Å²) in [6.07, 6.45) is 7.85. The van der Waals surface area contributed by atoms with Gasteiger partial charge in [-0.05, 0) is 50.6 Å². The number of nitrogens with zero attached hydrogens (tertiary/aromatic N) is 2. The van der Waals surface area contributed by atoms with Gasteiger partial charge in [-0.25, -0.2) is 0 Å². The first kappa shape index (κ1) is 17.5. The first-order valence-corrected chi connectivity index (χ1v) is 8.43. The molecular formula is C17H34N2O. The molecule has 20 heavy (non-hydrogen) atoms. The summed E-state index contributed by atoms with van der Waals surface area (Å²) < 4.78 is 0. The zero-order valence-corrected chi connectivity index (χ0v) is 14.0. The van der Waals surface area contributed by atoms with Gasteiger partial charge in [0, 0.05) is 27.1 Å². The molecule has 0 aromatic carbocycles. The molecule has 0 aromatic rings. The Morgan fingerprint density at radius 1 is 1.30 bits per heavy atom. The maximum absolute atomic E-state index is 11.1. The van der Waals surface area contributed by atoms with Crippen molar-refractivity contribution in [1.29, 1.82) is 0 Å². The van der Waals surface area contributed by atoms with Crippen LogP contribution < -0.4 is 0 Å². The fraction of sp³-hybridized carbons (Fsp3) is 0.941. The highest BCUT2D eigenvalue weighted by molar-refractivity contribution is 5.72. The van der Waals surface area contributed by atoms with Gasteiger partial charge >= 0.3 is 0 Å². The summed E-state index contributed by atoms with van der Waals surface area (Å²) in [4.78, 5) is 15.6. The molecule has 1 atom stereocenters. The fourth-order valence-corrected chi connectivity index (χ4v) is 2.91. The quantitative estimate of drug-likeness (QED) is 0.605. The minimum absolute atomic E-state index is 0.182. The predicted octanol–water partition coefficient (Wildman–Crippen LogP) is 3.39. The highest BCUT2D eigenvalue weighted by Crippen LogP contribution is 2.22. The average Bonchev–Trinajstić information content (AvgIpc) is 2.83. The van der Waals surface area contributed by atoms with Crippen molar-refractivity contribution in [2.75, 3.05) is 33.2 Å². The van der Waals surface area contributed by atoms with Crippen LogP contribution in [-0.4, -0.2) is 48.9 Å². The predicted molar refractivity (Wildman–Crippen MR) is 85.8 cm³/mol. The Morgan fingerprint density at radius 2 is 2.05 bits per heavy atom. The maximum atomic E-state index is 11.1. The van der Waals surface area contributed by atoms with Crippen LogP contribution in [0.2, 0.25) is 0 Å². The molecule has 1 aliphatic heterocycles. The monoisotopic (exact) mass is 282 g/mol. The lowest BCUT2D eigenvalue weighted by Gasteiger charge is -2.17. The lowest BCUT2D eigenvalue weighted by atomic mass is 10.0. The summed E-state index contributed by atoms with van der Waals surface area (Å²) in [7, 11) is 1.89. The van der Waals surface area contributed by atoms with E-state index in [9.17, 15) is 4.79 Å². The molecule has 0 N–H and O–H groups in total. The number of carbonyl (C=O) groups is 1. The van der Waals surface area contributed by atoms with Gasteiger partial charge in [0.1, 0.15) is 0 Å². The van der Waals surface area contributed by atoms with E-state index in [4.69, 9.17) is 0 Å². The molecule has 0 spiro atoms. The van der Waals surface area contributed by atoms with Crippen LogP contribution in [0.15, 0.2) is 0 Å². The number of amides is 1. The van der Waals surface area contributed by atoms with E-state index in [0.29, 0.717) is 0 Å². The molecule has 0 aliphatic carbocycles. The van der Waals surface area contributed by atoms with E-state index in [-0.39, 0.29) is 5.91 Å². The highest BCUT2D eigenvalue weighted by atomic mass is 16.2. The SMILES string of the molecule is CC(=O)N(C)CCCCCC1CCN(CCC(C)C)C1. The normalized spacial score (nSPS) is 19.8. The van der Waals surface area contributed by atoms with Crippen LogP contribution in [0.4, 0.5) is 0 Å². The molecule has 1 heterocycles. The minimum atomic E-state index is 0.182. The van der Waals surface area contributed by atoms with E-state index < -0.39 is 0 Å². The Labute approximate surface area is 125 Å². The Hall–Kier alpha value is -0.570. The van der Waals surface area contributed by atoms with Crippen LogP contribution in [0.5, 0.6) is 0 Å². The summed E-state index contributed by atoms with van der Waals surface area (Å²) in [5.41, 5.74) is 0. The van der Waals surface area contributed by atoms with Gasteiger partial charge in [-0.2, -0.15) is 0 Å². The van der Waals surface area contributed by atoms with Gasteiger partial charge in [-0.1, -0.05) is 26.7 Å². The molecule has 0 aromatic heterocycles. The van der Waals surface area contributed by atoms with Gasteiger partial charge in [0.25, 0.3) is 0 Å². The molecule has 1 unspecified atom stereocenters. The van der Waals surface area contributed by atoms with Crippen LogP contribution in [0.3, 0.4) is 0 Å². The summed E-state index contributed by atoms with van der Waals surface area (Å²) in [5, 5.41) is 0. The van der Waals surface area contributed by atoms with E-state index in [0.717, 1.165) is 24.8 Å². The van der Waals surface area contributed by atoms with Crippen molar-refractivity contribution in [3.63, 3.8) is 0 Å².